The Balaban J connectivity index is 1.76. The second-order valence-corrected chi connectivity index (χ2v) is 8.31. The molecule has 3 aromatic rings. The van der Waals surface area contributed by atoms with Gasteiger partial charge in [0.2, 0.25) is 0 Å². The maximum absolute atomic E-state index is 3.54. The van der Waals surface area contributed by atoms with Crippen LogP contribution < -0.4 is 5.32 Å². The third-order valence-electron chi connectivity index (χ3n) is 4.98. The third kappa shape index (κ3) is 2.53. The van der Waals surface area contributed by atoms with Gasteiger partial charge < -0.3 is 5.32 Å². The Morgan fingerprint density at radius 1 is 0.750 bits per heavy atom. The number of nitrogens with one attached hydrogen (secondary N) is 1. The summed E-state index contributed by atoms with van der Waals surface area (Å²) in [5, 5.41) is 3.54. The fourth-order valence-electron chi connectivity index (χ4n) is 3.59. The molecule has 0 aromatic heterocycles. The molecule has 1 nitrogen and oxygen atoms in total. The largest absolute Gasteiger partial charge is 0.356 e. The van der Waals surface area contributed by atoms with Crippen molar-refractivity contribution in [2.24, 2.45) is 0 Å². The lowest BCUT2D eigenvalue weighted by Gasteiger charge is -2.22. The fourth-order valence-corrected chi connectivity index (χ4v) is 4.08. The summed E-state index contributed by atoms with van der Waals surface area (Å²) in [4.78, 5) is 0. The highest BCUT2D eigenvalue weighted by Crippen LogP contribution is 2.49. The zero-order valence-electron chi connectivity index (χ0n) is 14.2. The predicted octanol–water partition coefficient (Wildman–Crippen LogP) is 6.65. The zero-order chi connectivity index (χ0) is 16.9. The van der Waals surface area contributed by atoms with E-state index in [4.69, 9.17) is 0 Å². The molecule has 24 heavy (non-hydrogen) atoms. The predicted molar refractivity (Wildman–Crippen MR) is 111 cm³/mol. The van der Waals surface area contributed by atoms with Gasteiger partial charge in [-0.1, -0.05) is 43.7 Å². The van der Waals surface area contributed by atoms with E-state index in [-0.39, 0.29) is 5.41 Å². The highest BCUT2D eigenvalue weighted by atomic mass is 127. The Morgan fingerprint density at radius 2 is 1.33 bits per heavy atom. The maximum atomic E-state index is 3.54. The van der Waals surface area contributed by atoms with Crippen molar-refractivity contribution in [3.8, 4) is 11.1 Å². The Kier molecular flexibility index (Phi) is 3.68. The number of anilines is 2. The average Bonchev–Trinajstić information content (AvgIpc) is 2.77. The van der Waals surface area contributed by atoms with E-state index < -0.39 is 0 Å². The molecule has 4 rings (SSSR count). The van der Waals surface area contributed by atoms with Crippen molar-refractivity contribution in [2.45, 2.75) is 26.2 Å². The summed E-state index contributed by atoms with van der Waals surface area (Å²) in [5.74, 6) is 0. The van der Waals surface area contributed by atoms with Gasteiger partial charge >= 0.3 is 0 Å². The molecule has 0 unspecified atom stereocenters. The second-order valence-electron chi connectivity index (χ2n) is 7.07. The summed E-state index contributed by atoms with van der Waals surface area (Å²) in [6.45, 7) is 6.76. The van der Waals surface area contributed by atoms with Crippen LogP contribution in [0.25, 0.3) is 11.1 Å². The van der Waals surface area contributed by atoms with Crippen molar-refractivity contribution < 1.29 is 0 Å². The van der Waals surface area contributed by atoms with Crippen molar-refractivity contribution in [2.75, 3.05) is 5.32 Å². The van der Waals surface area contributed by atoms with Gasteiger partial charge in [-0.3, -0.25) is 0 Å². The van der Waals surface area contributed by atoms with Crippen LogP contribution in [0.1, 0.15) is 30.5 Å². The van der Waals surface area contributed by atoms with E-state index in [1.807, 2.05) is 0 Å². The Bertz CT molecular complexity index is 923. The monoisotopic (exact) mass is 425 g/mol. The van der Waals surface area contributed by atoms with E-state index in [1.54, 1.807) is 0 Å². The summed E-state index contributed by atoms with van der Waals surface area (Å²) in [6, 6.07) is 22.1. The summed E-state index contributed by atoms with van der Waals surface area (Å²) in [5.41, 5.74) is 9.15. The van der Waals surface area contributed by atoms with Crippen molar-refractivity contribution in [1.29, 1.82) is 0 Å². The average molecular weight is 425 g/mol. The first-order valence-electron chi connectivity index (χ1n) is 8.24. The van der Waals surface area contributed by atoms with Crippen LogP contribution in [0.15, 0.2) is 60.7 Å². The number of hydrogen-bond acceptors (Lipinski definition) is 1. The SMILES string of the molecule is Cc1ccc(Nc2ccc3c(c2)C(C)(C)c2cc(I)ccc2-3)cc1. The van der Waals surface area contributed by atoms with Crippen molar-refractivity contribution in [1.82, 2.24) is 0 Å². The topological polar surface area (TPSA) is 12.0 Å². The molecule has 0 radical (unpaired) electrons. The first-order chi connectivity index (χ1) is 11.4. The molecule has 0 fully saturated rings. The van der Waals surface area contributed by atoms with Crippen molar-refractivity contribution >= 4 is 34.0 Å². The molecule has 0 bridgehead atoms. The van der Waals surface area contributed by atoms with E-state index in [1.165, 1.54) is 31.4 Å². The molecule has 1 aliphatic carbocycles. The van der Waals surface area contributed by atoms with Crippen molar-refractivity contribution in [3.63, 3.8) is 0 Å². The Labute approximate surface area is 157 Å². The van der Waals surface area contributed by atoms with Crippen LogP contribution >= 0.6 is 22.6 Å². The normalized spacial score (nSPS) is 14.2. The smallest absolute Gasteiger partial charge is 0.0387 e. The maximum Gasteiger partial charge on any atom is 0.0387 e. The molecular weight excluding hydrogens is 405 g/mol. The van der Waals surface area contributed by atoms with Crippen LogP contribution in [0.4, 0.5) is 11.4 Å². The van der Waals surface area contributed by atoms with Crippen LogP contribution in [0.3, 0.4) is 0 Å². The molecule has 0 saturated heterocycles. The van der Waals surface area contributed by atoms with Gasteiger partial charge in [0.1, 0.15) is 0 Å². The molecule has 0 atom stereocenters. The quantitative estimate of drug-likeness (QED) is 0.454. The zero-order valence-corrected chi connectivity index (χ0v) is 16.3. The van der Waals surface area contributed by atoms with E-state index in [2.05, 4.69) is 109 Å². The molecule has 0 amide bonds. The summed E-state index contributed by atoms with van der Waals surface area (Å²) < 4.78 is 1.30. The lowest BCUT2D eigenvalue weighted by atomic mass is 9.82. The summed E-state index contributed by atoms with van der Waals surface area (Å²) in [7, 11) is 0. The van der Waals surface area contributed by atoms with Crippen LogP contribution in [0.5, 0.6) is 0 Å². The van der Waals surface area contributed by atoms with Gasteiger partial charge in [-0.2, -0.15) is 0 Å². The molecule has 0 heterocycles. The lowest BCUT2D eigenvalue weighted by molar-refractivity contribution is 0.660. The molecule has 2 heteroatoms. The minimum atomic E-state index is 0.0385. The van der Waals surface area contributed by atoms with Gasteiger partial charge in [-0.15, -0.1) is 0 Å². The summed E-state index contributed by atoms with van der Waals surface area (Å²) in [6.07, 6.45) is 0. The van der Waals surface area contributed by atoms with E-state index >= 15 is 0 Å². The lowest BCUT2D eigenvalue weighted by Crippen LogP contribution is -2.15. The number of aryl methyl sites for hydroxylation is 1. The molecular formula is C22H20IN. The second kappa shape index (κ2) is 5.62. The van der Waals surface area contributed by atoms with Gasteiger partial charge in [-0.25, -0.2) is 0 Å². The van der Waals surface area contributed by atoms with Gasteiger partial charge in [-0.05, 0) is 88.2 Å². The first kappa shape index (κ1) is 15.7. The molecule has 0 aliphatic heterocycles. The van der Waals surface area contributed by atoms with Crippen LogP contribution in [0, 0.1) is 10.5 Å². The molecule has 120 valence electrons. The highest BCUT2D eigenvalue weighted by molar-refractivity contribution is 14.1. The van der Waals surface area contributed by atoms with Crippen LogP contribution in [-0.4, -0.2) is 0 Å². The Hall–Kier alpha value is -1.81. The van der Waals surface area contributed by atoms with Gasteiger partial charge in [0.05, 0.1) is 0 Å². The van der Waals surface area contributed by atoms with Gasteiger partial charge in [0.25, 0.3) is 0 Å². The fraction of sp³-hybridized carbons (Fsp3) is 0.182. The third-order valence-corrected chi connectivity index (χ3v) is 5.65. The molecule has 0 spiro atoms. The summed E-state index contributed by atoms with van der Waals surface area (Å²) >= 11 is 2.40. The van der Waals surface area contributed by atoms with Gasteiger partial charge in [0.15, 0.2) is 0 Å². The molecule has 1 aliphatic rings. The number of rotatable bonds is 2. The number of fused-ring (bicyclic) bond motifs is 3. The standard InChI is InChI=1S/C22H20IN/c1-14-4-7-16(8-5-14)24-17-9-11-19-18-10-6-15(23)12-20(18)22(2,3)21(19)13-17/h4-13,24H,1-3H3. The van der Waals surface area contributed by atoms with Crippen molar-refractivity contribution in [3.05, 3.63) is 80.9 Å². The number of benzene rings is 3. The van der Waals surface area contributed by atoms with E-state index in [0.29, 0.717) is 0 Å². The number of halogens is 1. The molecule has 1 N–H and O–H groups in total. The van der Waals surface area contributed by atoms with E-state index in [0.717, 1.165) is 11.4 Å². The molecule has 3 aromatic carbocycles. The Morgan fingerprint density at radius 3 is 2.04 bits per heavy atom. The first-order valence-corrected chi connectivity index (χ1v) is 9.32. The minimum Gasteiger partial charge on any atom is -0.356 e. The highest BCUT2D eigenvalue weighted by Gasteiger charge is 2.35. The molecule has 0 saturated carbocycles. The van der Waals surface area contributed by atoms with Crippen LogP contribution in [0.2, 0.25) is 0 Å². The van der Waals surface area contributed by atoms with E-state index in [9.17, 15) is 0 Å². The van der Waals surface area contributed by atoms with Gasteiger partial charge in [0, 0.05) is 20.4 Å². The number of hydrogen-bond donors (Lipinski definition) is 1. The van der Waals surface area contributed by atoms with Crippen LogP contribution in [-0.2, 0) is 5.41 Å². The minimum absolute atomic E-state index is 0.0385.